The van der Waals surface area contributed by atoms with Gasteiger partial charge in [-0.05, 0) is 42.7 Å². The second-order valence-corrected chi connectivity index (χ2v) is 6.30. The van der Waals surface area contributed by atoms with Gasteiger partial charge in [-0.1, -0.05) is 32.0 Å². The van der Waals surface area contributed by atoms with Crippen molar-refractivity contribution < 1.29 is 0 Å². The zero-order valence-electron chi connectivity index (χ0n) is 11.1. The highest BCUT2D eigenvalue weighted by Crippen LogP contribution is 2.70. The van der Waals surface area contributed by atoms with Crippen LogP contribution in [0.5, 0.6) is 0 Å². The summed E-state index contributed by atoms with van der Waals surface area (Å²) in [5.41, 5.74) is 5.91. The molecule has 1 aromatic heterocycles. The van der Waals surface area contributed by atoms with E-state index < -0.39 is 0 Å². The van der Waals surface area contributed by atoms with Crippen molar-refractivity contribution in [1.82, 2.24) is 9.78 Å². The maximum atomic E-state index is 4.76. The van der Waals surface area contributed by atoms with Crippen molar-refractivity contribution in [2.75, 3.05) is 0 Å². The molecule has 1 saturated carbocycles. The molecule has 0 saturated heterocycles. The first-order valence-corrected chi connectivity index (χ1v) is 6.74. The van der Waals surface area contributed by atoms with Crippen LogP contribution in [0.1, 0.15) is 36.7 Å². The fraction of sp³-hybridized carbons (Fsp3) is 0.438. The van der Waals surface area contributed by atoms with E-state index in [1.807, 2.05) is 0 Å². The van der Waals surface area contributed by atoms with Crippen molar-refractivity contribution in [3.8, 4) is 5.69 Å². The van der Waals surface area contributed by atoms with Gasteiger partial charge < -0.3 is 0 Å². The van der Waals surface area contributed by atoms with Crippen LogP contribution in [0.25, 0.3) is 5.69 Å². The standard InChI is InChI=1S/C16H18N2/c1-10-14-13(9-12-15(14)16(12,2)3)18(17-10)11-7-5-4-6-8-11/h4-8,12,15H,9H2,1-3H3. The predicted octanol–water partition coefficient (Wildman–Crippen LogP) is 3.48. The van der Waals surface area contributed by atoms with E-state index in [1.165, 1.54) is 29.1 Å². The summed E-state index contributed by atoms with van der Waals surface area (Å²) in [6.07, 6.45) is 1.20. The quantitative estimate of drug-likeness (QED) is 0.743. The Morgan fingerprint density at radius 1 is 1.22 bits per heavy atom. The monoisotopic (exact) mass is 238 g/mol. The molecule has 2 aromatic rings. The number of nitrogens with zero attached hydrogens (tertiary/aromatic N) is 2. The van der Waals surface area contributed by atoms with E-state index >= 15 is 0 Å². The first kappa shape index (κ1) is 10.4. The number of benzene rings is 1. The average Bonchev–Trinajstić information content (AvgIpc) is 2.74. The van der Waals surface area contributed by atoms with Gasteiger partial charge in [0.15, 0.2) is 0 Å². The highest BCUT2D eigenvalue weighted by atomic mass is 15.3. The van der Waals surface area contributed by atoms with E-state index in [-0.39, 0.29) is 0 Å². The summed E-state index contributed by atoms with van der Waals surface area (Å²) in [5, 5.41) is 4.76. The summed E-state index contributed by atoms with van der Waals surface area (Å²) in [4.78, 5) is 0. The third-order valence-electron chi connectivity index (χ3n) is 4.98. The lowest BCUT2D eigenvalue weighted by Gasteiger charge is -2.10. The molecule has 92 valence electrons. The van der Waals surface area contributed by atoms with Crippen LogP contribution >= 0.6 is 0 Å². The maximum Gasteiger partial charge on any atom is 0.0649 e. The van der Waals surface area contributed by atoms with Gasteiger partial charge in [0.2, 0.25) is 0 Å². The van der Waals surface area contributed by atoms with Gasteiger partial charge in [-0.2, -0.15) is 5.10 Å². The van der Waals surface area contributed by atoms with E-state index in [1.54, 1.807) is 0 Å². The van der Waals surface area contributed by atoms with Crippen LogP contribution < -0.4 is 0 Å². The Morgan fingerprint density at radius 2 is 1.94 bits per heavy atom. The summed E-state index contributed by atoms with van der Waals surface area (Å²) in [6, 6.07) is 10.5. The van der Waals surface area contributed by atoms with Crippen molar-refractivity contribution in [1.29, 1.82) is 0 Å². The Morgan fingerprint density at radius 3 is 2.67 bits per heavy atom. The second kappa shape index (κ2) is 3.05. The van der Waals surface area contributed by atoms with Crippen LogP contribution in [0, 0.1) is 18.3 Å². The molecule has 18 heavy (non-hydrogen) atoms. The molecule has 4 rings (SSSR count). The van der Waals surface area contributed by atoms with Gasteiger partial charge in [0.1, 0.15) is 0 Å². The highest BCUT2D eigenvalue weighted by molar-refractivity contribution is 5.48. The van der Waals surface area contributed by atoms with Crippen molar-refractivity contribution in [2.45, 2.75) is 33.1 Å². The molecule has 2 atom stereocenters. The molecule has 1 fully saturated rings. The second-order valence-electron chi connectivity index (χ2n) is 6.30. The number of hydrogen-bond acceptors (Lipinski definition) is 1. The topological polar surface area (TPSA) is 17.8 Å². The third kappa shape index (κ3) is 1.11. The first-order chi connectivity index (χ1) is 8.60. The summed E-state index contributed by atoms with van der Waals surface area (Å²) < 4.78 is 2.16. The van der Waals surface area contributed by atoms with Crippen molar-refractivity contribution in [3.63, 3.8) is 0 Å². The van der Waals surface area contributed by atoms with E-state index in [0.29, 0.717) is 5.41 Å². The molecule has 0 N–H and O–H groups in total. The first-order valence-electron chi connectivity index (χ1n) is 6.74. The number of para-hydroxylation sites is 1. The van der Waals surface area contributed by atoms with Crippen LogP contribution in [0.15, 0.2) is 30.3 Å². The fourth-order valence-corrected chi connectivity index (χ4v) is 3.88. The number of fused-ring (bicyclic) bond motifs is 3. The number of rotatable bonds is 1. The number of aryl methyl sites for hydroxylation is 1. The van der Waals surface area contributed by atoms with E-state index in [2.05, 4.69) is 55.8 Å². The highest BCUT2D eigenvalue weighted by Gasteiger charge is 2.63. The Kier molecular flexibility index (Phi) is 1.76. The Labute approximate surface area is 108 Å². The van der Waals surface area contributed by atoms with E-state index in [0.717, 1.165) is 11.8 Å². The normalized spacial score (nSPS) is 26.8. The lowest BCUT2D eigenvalue weighted by molar-refractivity contribution is 0.532. The predicted molar refractivity (Wildman–Crippen MR) is 72.0 cm³/mol. The molecule has 0 spiro atoms. The van der Waals surface area contributed by atoms with Crippen LogP contribution in [0.3, 0.4) is 0 Å². The summed E-state index contributed by atoms with van der Waals surface area (Å²) >= 11 is 0. The van der Waals surface area contributed by atoms with Gasteiger partial charge >= 0.3 is 0 Å². The van der Waals surface area contributed by atoms with Crippen LogP contribution in [0.4, 0.5) is 0 Å². The summed E-state index contributed by atoms with van der Waals surface area (Å²) in [6.45, 7) is 6.95. The third-order valence-corrected chi connectivity index (χ3v) is 4.98. The molecular weight excluding hydrogens is 220 g/mol. The molecule has 2 unspecified atom stereocenters. The molecule has 2 heteroatoms. The molecule has 2 nitrogen and oxygen atoms in total. The minimum atomic E-state index is 0.502. The Bertz CT molecular complexity index is 622. The minimum Gasteiger partial charge on any atom is -0.237 e. The molecule has 0 bridgehead atoms. The Hall–Kier alpha value is -1.57. The molecule has 0 amide bonds. The average molecular weight is 238 g/mol. The minimum absolute atomic E-state index is 0.502. The largest absolute Gasteiger partial charge is 0.237 e. The van der Waals surface area contributed by atoms with Crippen LogP contribution in [0.2, 0.25) is 0 Å². The van der Waals surface area contributed by atoms with Crippen LogP contribution in [-0.4, -0.2) is 9.78 Å². The van der Waals surface area contributed by atoms with Crippen molar-refractivity contribution in [2.24, 2.45) is 11.3 Å². The molecule has 2 aliphatic rings. The maximum absolute atomic E-state index is 4.76. The van der Waals surface area contributed by atoms with E-state index in [4.69, 9.17) is 5.10 Å². The number of aromatic nitrogens is 2. The number of hydrogen-bond donors (Lipinski definition) is 0. The van der Waals surface area contributed by atoms with Crippen LogP contribution in [-0.2, 0) is 6.42 Å². The molecule has 1 aromatic carbocycles. The SMILES string of the molecule is Cc1nn(-c2ccccc2)c2c1C1C(C2)C1(C)C. The van der Waals surface area contributed by atoms with Gasteiger partial charge in [-0.15, -0.1) is 0 Å². The summed E-state index contributed by atoms with van der Waals surface area (Å²) in [7, 11) is 0. The molecule has 0 aliphatic heterocycles. The lowest BCUT2D eigenvalue weighted by atomic mass is 9.98. The fourth-order valence-electron chi connectivity index (χ4n) is 3.88. The zero-order valence-corrected chi connectivity index (χ0v) is 11.1. The summed E-state index contributed by atoms with van der Waals surface area (Å²) in [5.74, 6) is 1.60. The van der Waals surface area contributed by atoms with Gasteiger partial charge in [-0.25, -0.2) is 4.68 Å². The molecular formula is C16H18N2. The van der Waals surface area contributed by atoms with Crippen molar-refractivity contribution in [3.05, 3.63) is 47.3 Å². The van der Waals surface area contributed by atoms with Crippen molar-refractivity contribution >= 4 is 0 Å². The van der Waals surface area contributed by atoms with E-state index in [9.17, 15) is 0 Å². The van der Waals surface area contributed by atoms with Gasteiger partial charge in [0.05, 0.1) is 11.4 Å². The van der Waals surface area contributed by atoms with Gasteiger partial charge in [0.25, 0.3) is 0 Å². The Balaban J connectivity index is 1.87. The smallest absolute Gasteiger partial charge is 0.0649 e. The molecule has 0 radical (unpaired) electrons. The molecule has 2 aliphatic carbocycles. The van der Waals surface area contributed by atoms with Gasteiger partial charge in [-0.3, -0.25) is 0 Å². The lowest BCUT2D eigenvalue weighted by Crippen LogP contribution is -2.05. The van der Waals surface area contributed by atoms with Gasteiger partial charge in [0, 0.05) is 11.3 Å². The molecule has 1 heterocycles. The zero-order chi connectivity index (χ0) is 12.5.